The van der Waals surface area contributed by atoms with Crippen LogP contribution >= 0.6 is 11.3 Å². The van der Waals surface area contributed by atoms with Gasteiger partial charge in [0.15, 0.2) is 0 Å². The minimum atomic E-state index is -0.381. The molecular formula is C20H22FNO2S. The zero-order valence-corrected chi connectivity index (χ0v) is 14.8. The Bertz CT molecular complexity index is 748. The first-order valence-corrected chi connectivity index (χ1v) is 9.77. The summed E-state index contributed by atoms with van der Waals surface area (Å²) >= 11 is 1.66. The number of aliphatic hydroxyl groups excluding tert-OH is 1. The van der Waals surface area contributed by atoms with Gasteiger partial charge in [0, 0.05) is 35.7 Å². The average molecular weight is 359 g/mol. The molecule has 1 aromatic carbocycles. The van der Waals surface area contributed by atoms with Crippen LogP contribution in [-0.4, -0.2) is 28.1 Å². The number of rotatable bonds is 3. The Balaban J connectivity index is 1.64. The van der Waals surface area contributed by atoms with E-state index >= 15 is 0 Å². The van der Waals surface area contributed by atoms with Crippen LogP contribution in [0.3, 0.4) is 0 Å². The van der Waals surface area contributed by atoms with Gasteiger partial charge in [-0.05, 0) is 48.4 Å². The van der Waals surface area contributed by atoms with Gasteiger partial charge in [-0.2, -0.15) is 0 Å². The third kappa shape index (κ3) is 3.23. The second-order valence-corrected chi connectivity index (χ2v) is 8.10. The summed E-state index contributed by atoms with van der Waals surface area (Å²) in [5.41, 5.74) is 0.807. The molecule has 0 unspecified atom stereocenters. The molecule has 4 rings (SSSR count). The van der Waals surface area contributed by atoms with E-state index in [0.717, 1.165) is 24.8 Å². The van der Waals surface area contributed by atoms with E-state index in [0.29, 0.717) is 13.0 Å². The quantitative estimate of drug-likeness (QED) is 0.902. The van der Waals surface area contributed by atoms with E-state index in [2.05, 4.69) is 6.07 Å². The summed E-state index contributed by atoms with van der Waals surface area (Å²) in [6.45, 7) is 0.418. The molecule has 25 heavy (non-hydrogen) atoms. The fourth-order valence-corrected chi connectivity index (χ4v) is 5.42. The van der Waals surface area contributed by atoms with Crippen molar-refractivity contribution in [2.75, 3.05) is 0 Å². The summed E-state index contributed by atoms with van der Waals surface area (Å²) in [6, 6.07) is 10.6. The Morgan fingerprint density at radius 3 is 2.88 bits per heavy atom. The summed E-state index contributed by atoms with van der Waals surface area (Å²) in [6.07, 6.45) is 2.67. The van der Waals surface area contributed by atoms with Crippen LogP contribution in [-0.2, 0) is 11.3 Å². The molecule has 4 atom stereocenters. The Morgan fingerprint density at radius 2 is 2.12 bits per heavy atom. The minimum Gasteiger partial charge on any atom is -0.393 e. The molecule has 132 valence electrons. The maximum absolute atomic E-state index is 13.5. The molecule has 1 aliphatic carbocycles. The van der Waals surface area contributed by atoms with Gasteiger partial charge in [-0.25, -0.2) is 4.39 Å². The van der Waals surface area contributed by atoms with Crippen molar-refractivity contribution in [3.63, 3.8) is 0 Å². The normalized spacial score (nSPS) is 29.5. The van der Waals surface area contributed by atoms with Crippen LogP contribution in [0.25, 0.3) is 0 Å². The monoisotopic (exact) mass is 359 g/mol. The standard InChI is InChI=1S/C20H22FNO2S/c21-14-5-1-4-13(10-14)12-22-16-6-2-7-17(23)20(16)15(11-19(22)24)18-8-3-9-25-18/h1,3-5,8-10,15-17,20,23H,2,6-7,11-12H2/t15-,16-,17+,20-/m1/s1. The van der Waals surface area contributed by atoms with Crippen LogP contribution < -0.4 is 0 Å². The van der Waals surface area contributed by atoms with E-state index in [1.165, 1.54) is 17.0 Å². The molecular weight excluding hydrogens is 337 g/mol. The zero-order chi connectivity index (χ0) is 17.4. The lowest BCUT2D eigenvalue weighted by Crippen LogP contribution is -2.56. The van der Waals surface area contributed by atoms with Gasteiger partial charge in [0.05, 0.1) is 6.10 Å². The zero-order valence-electron chi connectivity index (χ0n) is 14.0. The van der Waals surface area contributed by atoms with Crippen molar-refractivity contribution in [2.45, 2.75) is 50.3 Å². The summed E-state index contributed by atoms with van der Waals surface area (Å²) < 4.78 is 13.5. The highest BCUT2D eigenvalue weighted by atomic mass is 32.1. The molecule has 1 saturated carbocycles. The number of piperidine rings is 1. The molecule has 2 aromatic rings. The molecule has 2 heterocycles. The first-order valence-electron chi connectivity index (χ1n) is 8.89. The number of amides is 1. The van der Waals surface area contributed by atoms with E-state index in [1.807, 2.05) is 22.4 Å². The van der Waals surface area contributed by atoms with Crippen molar-refractivity contribution >= 4 is 17.2 Å². The van der Waals surface area contributed by atoms with Crippen LogP contribution in [0.2, 0.25) is 0 Å². The number of likely N-dealkylation sites (tertiary alicyclic amines) is 1. The highest BCUT2D eigenvalue weighted by molar-refractivity contribution is 7.10. The number of aliphatic hydroxyl groups is 1. The average Bonchev–Trinajstić information content (AvgIpc) is 3.12. The van der Waals surface area contributed by atoms with E-state index in [9.17, 15) is 14.3 Å². The second-order valence-electron chi connectivity index (χ2n) is 7.12. The smallest absolute Gasteiger partial charge is 0.223 e. The number of fused-ring (bicyclic) bond motifs is 1. The number of carbonyl (C=O) groups is 1. The van der Waals surface area contributed by atoms with Crippen LogP contribution in [0.15, 0.2) is 41.8 Å². The van der Waals surface area contributed by atoms with Gasteiger partial charge in [0.2, 0.25) is 5.91 Å². The maximum Gasteiger partial charge on any atom is 0.223 e. The van der Waals surface area contributed by atoms with Crippen molar-refractivity contribution in [3.05, 3.63) is 58.0 Å². The SMILES string of the molecule is O=C1C[C@H](c2cccs2)[C@@H]2[C@@H](CCC[C@@H]2O)N1Cc1cccc(F)c1. The molecule has 0 spiro atoms. The number of carbonyl (C=O) groups excluding carboxylic acids is 1. The molecule has 5 heteroatoms. The predicted octanol–water partition coefficient (Wildman–Crippen LogP) is 3.93. The molecule has 0 radical (unpaired) electrons. The number of benzene rings is 1. The largest absolute Gasteiger partial charge is 0.393 e. The van der Waals surface area contributed by atoms with Gasteiger partial charge >= 0.3 is 0 Å². The lowest BCUT2D eigenvalue weighted by Gasteiger charge is -2.49. The van der Waals surface area contributed by atoms with Crippen molar-refractivity contribution < 1.29 is 14.3 Å². The van der Waals surface area contributed by atoms with E-state index in [1.54, 1.807) is 17.4 Å². The molecule has 1 aromatic heterocycles. The molecule has 1 amide bonds. The summed E-state index contributed by atoms with van der Waals surface area (Å²) in [4.78, 5) is 16.0. The number of nitrogens with zero attached hydrogens (tertiary/aromatic N) is 1. The van der Waals surface area contributed by atoms with Crippen molar-refractivity contribution in [3.8, 4) is 0 Å². The third-order valence-corrected chi connectivity index (χ3v) is 6.62. The first kappa shape index (κ1) is 16.7. The predicted molar refractivity (Wildman–Crippen MR) is 95.8 cm³/mol. The Labute approximate surface area is 151 Å². The first-order chi connectivity index (χ1) is 12.1. The molecule has 0 bridgehead atoms. The van der Waals surface area contributed by atoms with Crippen LogP contribution in [0.4, 0.5) is 4.39 Å². The number of halogens is 1. The molecule has 3 nitrogen and oxygen atoms in total. The number of hydrogen-bond acceptors (Lipinski definition) is 3. The van der Waals surface area contributed by atoms with Crippen LogP contribution in [0.1, 0.15) is 42.0 Å². The van der Waals surface area contributed by atoms with Crippen molar-refractivity contribution in [2.24, 2.45) is 5.92 Å². The lowest BCUT2D eigenvalue weighted by atomic mass is 9.69. The maximum atomic E-state index is 13.5. The highest BCUT2D eigenvalue weighted by Gasteiger charge is 2.47. The van der Waals surface area contributed by atoms with Gasteiger partial charge in [-0.3, -0.25) is 4.79 Å². The Kier molecular flexibility index (Phi) is 4.61. The van der Waals surface area contributed by atoms with Gasteiger partial charge < -0.3 is 10.0 Å². The summed E-state index contributed by atoms with van der Waals surface area (Å²) in [7, 11) is 0. The molecule has 2 aliphatic rings. The summed E-state index contributed by atoms with van der Waals surface area (Å²) in [5.74, 6) is -0.00752. The highest BCUT2D eigenvalue weighted by Crippen LogP contribution is 2.46. The Hall–Kier alpha value is -1.72. The van der Waals surface area contributed by atoms with E-state index < -0.39 is 0 Å². The number of hydrogen-bond donors (Lipinski definition) is 1. The topological polar surface area (TPSA) is 40.5 Å². The van der Waals surface area contributed by atoms with E-state index in [4.69, 9.17) is 0 Å². The van der Waals surface area contributed by atoms with Crippen molar-refractivity contribution in [1.82, 2.24) is 4.90 Å². The van der Waals surface area contributed by atoms with Gasteiger partial charge in [0.25, 0.3) is 0 Å². The fraction of sp³-hybridized carbons (Fsp3) is 0.450. The van der Waals surface area contributed by atoms with E-state index in [-0.39, 0.29) is 35.7 Å². The fourth-order valence-electron chi connectivity index (χ4n) is 4.53. The lowest BCUT2D eigenvalue weighted by molar-refractivity contribution is -0.146. The molecule has 1 saturated heterocycles. The number of thiophene rings is 1. The molecule has 2 fully saturated rings. The van der Waals surface area contributed by atoms with Gasteiger partial charge in [-0.1, -0.05) is 18.2 Å². The van der Waals surface area contributed by atoms with Gasteiger partial charge in [0.1, 0.15) is 5.82 Å². The van der Waals surface area contributed by atoms with Crippen LogP contribution in [0.5, 0.6) is 0 Å². The second kappa shape index (κ2) is 6.89. The van der Waals surface area contributed by atoms with Gasteiger partial charge in [-0.15, -0.1) is 11.3 Å². The third-order valence-electron chi connectivity index (χ3n) is 5.62. The Morgan fingerprint density at radius 1 is 1.24 bits per heavy atom. The van der Waals surface area contributed by atoms with Crippen molar-refractivity contribution in [1.29, 1.82) is 0 Å². The molecule has 1 aliphatic heterocycles. The molecule has 1 N–H and O–H groups in total. The summed E-state index contributed by atoms with van der Waals surface area (Å²) in [5, 5.41) is 12.7. The van der Waals surface area contributed by atoms with Crippen LogP contribution in [0, 0.1) is 11.7 Å². The minimum absolute atomic E-state index is 0.0281.